The van der Waals surface area contributed by atoms with Crippen molar-refractivity contribution in [2.45, 2.75) is 19.1 Å². The van der Waals surface area contributed by atoms with Crippen LogP contribution in [0.5, 0.6) is 0 Å². The topological polar surface area (TPSA) is 26.0 Å². The summed E-state index contributed by atoms with van der Waals surface area (Å²) in [5, 5.41) is 1.91. The number of rotatable bonds is 3. The highest BCUT2D eigenvalue weighted by Gasteiger charge is 2.30. The summed E-state index contributed by atoms with van der Waals surface area (Å²) in [5.74, 6) is 0. The Bertz CT molecular complexity index is 531. The van der Waals surface area contributed by atoms with Crippen LogP contribution in [0.3, 0.4) is 0 Å². The molecule has 96 valence electrons. The van der Waals surface area contributed by atoms with E-state index in [0.29, 0.717) is 18.5 Å². The van der Waals surface area contributed by atoms with Gasteiger partial charge in [-0.1, -0.05) is 18.2 Å². The Morgan fingerprint density at radius 3 is 2.61 bits per heavy atom. The molecule has 2 aromatic rings. The molecule has 0 saturated heterocycles. The Hall–Kier alpha value is -1.33. The number of nitrogens with two attached hydrogens (primary N) is 1. The van der Waals surface area contributed by atoms with Crippen molar-refractivity contribution in [1.82, 2.24) is 0 Å². The van der Waals surface area contributed by atoms with Crippen molar-refractivity contribution in [2.24, 2.45) is 5.73 Å². The van der Waals surface area contributed by atoms with Gasteiger partial charge in [0.1, 0.15) is 0 Å². The number of hydrogen-bond acceptors (Lipinski definition) is 2. The Labute approximate surface area is 107 Å². The summed E-state index contributed by atoms with van der Waals surface area (Å²) in [5.41, 5.74) is 6.62. The zero-order valence-corrected chi connectivity index (χ0v) is 10.3. The summed E-state index contributed by atoms with van der Waals surface area (Å²) < 4.78 is 37.7. The van der Waals surface area contributed by atoms with E-state index in [9.17, 15) is 13.2 Å². The molecule has 0 fully saturated rings. The minimum Gasteiger partial charge on any atom is -0.326 e. The van der Waals surface area contributed by atoms with Crippen LogP contribution in [0.1, 0.15) is 21.6 Å². The van der Waals surface area contributed by atoms with Gasteiger partial charge in [-0.25, -0.2) is 0 Å². The van der Waals surface area contributed by atoms with Crippen molar-refractivity contribution < 1.29 is 13.2 Å². The Morgan fingerprint density at radius 2 is 1.94 bits per heavy atom. The molecule has 0 aliphatic carbocycles. The monoisotopic (exact) mass is 271 g/mol. The van der Waals surface area contributed by atoms with Crippen LogP contribution in [0.2, 0.25) is 0 Å². The molecule has 1 aromatic heterocycles. The fourth-order valence-corrected chi connectivity index (χ4v) is 2.57. The van der Waals surface area contributed by atoms with E-state index in [-0.39, 0.29) is 0 Å². The molecule has 2 rings (SSSR count). The maximum atomic E-state index is 12.6. The summed E-state index contributed by atoms with van der Waals surface area (Å²) in [7, 11) is 0. The summed E-state index contributed by atoms with van der Waals surface area (Å²) in [6.45, 7) is 0.423. The Balaban J connectivity index is 2.25. The van der Waals surface area contributed by atoms with E-state index in [4.69, 9.17) is 5.73 Å². The van der Waals surface area contributed by atoms with Gasteiger partial charge in [-0.2, -0.15) is 13.2 Å². The van der Waals surface area contributed by atoms with Crippen molar-refractivity contribution in [1.29, 1.82) is 0 Å². The highest BCUT2D eigenvalue weighted by molar-refractivity contribution is 7.10. The van der Waals surface area contributed by atoms with Crippen LogP contribution in [0.25, 0.3) is 0 Å². The van der Waals surface area contributed by atoms with Gasteiger partial charge < -0.3 is 5.73 Å². The SMILES string of the molecule is NCc1sccc1Cc1cccc(C(F)(F)F)c1. The molecular weight excluding hydrogens is 259 g/mol. The van der Waals surface area contributed by atoms with Crippen molar-refractivity contribution in [2.75, 3.05) is 0 Å². The standard InChI is InChI=1S/C13H12F3NS/c14-13(15,16)11-3-1-2-9(7-11)6-10-4-5-18-12(10)8-17/h1-5,7H,6,8,17H2. The molecule has 0 spiro atoms. The lowest BCUT2D eigenvalue weighted by atomic mass is 10.0. The van der Waals surface area contributed by atoms with Crippen molar-refractivity contribution >= 4 is 11.3 Å². The molecule has 0 aliphatic heterocycles. The molecule has 18 heavy (non-hydrogen) atoms. The number of alkyl halides is 3. The molecule has 1 nitrogen and oxygen atoms in total. The fourth-order valence-electron chi connectivity index (χ4n) is 1.78. The molecule has 0 bridgehead atoms. The summed E-state index contributed by atoms with van der Waals surface area (Å²) in [6.07, 6.45) is -3.80. The zero-order chi connectivity index (χ0) is 13.2. The van der Waals surface area contributed by atoms with Gasteiger partial charge in [-0.15, -0.1) is 11.3 Å². The third kappa shape index (κ3) is 2.91. The quantitative estimate of drug-likeness (QED) is 0.902. The van der Waals surface area contributed by atoms with Crippen LogP contribution in [0.4, 0.5) is 13.2 Å². The number of thiophene rings is 1. The van der Waals surface area contributed by atoms with E-state index < -0.39 is 11.7 Å². The largest absolute Gasteiger partial charge is 0.416 e. The lowest BCUT2D eigenvalue weighted by Crippen LogP contribution is -2.05. The predicted molar refractivity (Wildman–Crippen MR) is 66.5 cm³/mol. The van der Waals surface area contributed by atoms with Crippen LogP contribution in [0, 0.1) is 0 Å². The zero-order valence-electron chi connectivity index (χ0n) is 9.50. The molecule has 1 heterocycles. The molecule has 0 amide bonds. The van der Waals surface area contributed by atoms with Crippen LogP contribution in [-0.2, 0) is 19.1 Å². The van der Waals surface area contributed by atoms with Crippen LogP contribution in [-0.4, -0.2) is 0 Å². The normalized spacial score (nSPS) is 11.8. The molecule has 1 aromatic carbocycles. The minimum absolute atomic E-state index is 0.423. The van der Waals surface area contributed by atoms with E-state index >= 15 is 0 Å². The van der Waals surface area contributed by atoms with Crippen LogP contribution >= 0.6 is 11.3 Å². The van der Waals surface area contributed by atoms with Crippen molar-refractivity contribution in [3.05, 3.63) is 57.3 Å². The fraction of sp³-hybridized carbons (Fsp3) is 0.231. The van der Waals surface area contributed by atoms with E-state index in [0.717, 1.165) is 16.5 Å². The number of benzene rings is 1. The predicted octanol–water partition coefficient (Wildman–Crippen LogP) is 3.82. The third-order valence-electron chi connectivity index (χ3n) is 2.67. The van der Waals surface area contributed by atoms with E-state index in [1.165, 1.54) is 23.5 Å². The highest BCUT2D eigenvalue weighted by atomic mass is 32.1. The first kappa shape index (κ1) is 13.1. The van der Waals surface area contributed by atoms with E-state index in [1.807, 2.05) is 11.4 Å². The summed E-state index contributed by atoms with van der Waals surface area (Å²) in [6, 6.07) is 7.33. The Kier molecular flexibility index (Phi) is 3.73. The molecule has 0 aliphatic rings. The van der Waals surface area contributed by atoms with Gasteiger partial charge in [0, 0.05) is 11.4 Å². The number of halogens is 3. The molecule has 5 heteroatoms. The van der Waals surface area contributed by atoms with Gasteiger partial charge in [-0.05, 0) is 35.1 Å². The van der Waals surface area contributed by atoms with Gasteiger partial charge >= 0.3 is 6.18 Å². The van der Waals surface area contributed by atoms with E-state index in [2.05, 4.69) is 0 Å². The van der Waals surface area contributed by atoms with Crippen LogP contribution in [0.15, 0.2) is 35.7 Å². The smallest absolute Gasteiger partial charge is 0.326 e. The van der Waals surface area contributed by atoms with Gasteiger partial charge in [0.15, 0.2) is 0 Å². The van der Waals surface area contributed by atoms with Gasteiger partial charge in [-0.3, -0.25) is 0 Å². The molecule has 0 saturated carbocycles. The summed E-state index contributed by atoms with van der Waals surface area (Å²) in [4.78, 5) is 1.02. The number of hydrogen-bond donors (Lipinski definition) is 1. The van der Waals surface area contributed by atoms with Gasteiger partial charge in [0.05, 0.1) is 5.56 Å². The van der Waals surface area contributed by atoms with Gasteiger partial charge in [0.25, 0.3) is 0 Å². The Morgan fingerprint density at radius 1 is 1.17 bits per heavy atom. The molecule has 0 atom stereocenters. The summed E-state index contributed by atoms with van der Waals surface area (Å²) >= 11 is 1.53. The first-order valence-corrected chi connectivity index (χ1v) is 6.30. The maximum absolute atomic E-state index is 12.6. The molecule has 2 N–H and O–H groups in total. The average molecular weight is 271 g/mol. The molecular formula is C13H12F3NS. The van der Waals surface area contributed by atoms with Crippen molar-refractivity contribution in [3.63, 3.8) is 0 Å². The van der Waals surface area contributed by atoms with Crippen LogP contribution < -0.4 is 5.73 Å². The second-order valence-corrected chi connectivity index (χ2v) is 4.95. The molecule has 0 radical (unpaired) electrons. The lowest BCUT2D eigenvalue weighted by molar-refractivity contribution is -0.137. The molecule has 0 unspecified atom stereocenters. The second kappa shape index (κ2) is 5.12. The third-order valence-corrected chi connectivity index (χ3v) is 3.66. The van der Waals surface area contributed by atoms with E-state index in [1.54, 1.807) is 6.07 Å². The first-order chi connectivity index (χ1) is 8.50. The van der Waals surface area contributed by atoms with Gasteiger partial charge in [0.2, 0.25) is 0 Å². The average Bonchev–Trinajstić information content (AvgIpc) is 2.75. The lowest BCUT2D eigenvalue weighted by Gasteiger charge is -2.08. The minimum atomic E-state index is -4.29. The maximum Gasteiger partial charge on any atom is 0.416 e. The van der Waals surface area contributed by atoms with Crippen molar-refractivity contribution in [3.8, 4) is 0 Å². The first-order valence-electron chi connectivity index (χ1n) is 5.42. The highest BCUT2D eigenvalue weighted by Crippen LogP contribution is 2.30. The second-order valence-electron chi connectivity index (χ2n) is 3.95.